The van der Waals surface area contributed by atoms with Gasteiger partial charge < -0.3 is 15.9 Å². The molecule has 0 amide bonds. The van der Waals surface area contributed by atoms with Gasteiger partial charge in [0.15, 0.2) is 6.29 Å². The topological polar surface area (TPSA) is 83.6 Å². The van der Waals surface area contributed by atoms with Crippen molar-refractivity contribution in [1.29, 1.82) is 0 Å². The number of hydrogen-bond donors (Lipinski definition) is 3. The molecule has 4 nitrogen and oxygen atoms in total. The Hall–Kier alpha value is -0.450. The van der Waals surface area contributed by atoms with Gasteiger partial charge in [-0.1, -0.05) is 0 Å². The van der Waals surface area contributed by atoms with Crippen LogP contribution in [-0.4, -0.2) is 28.3 Å². The maximum absolute atomic E-state index is 10.3. The van der Waals surface area contributed by atoms with Crippen LogP contribution < -0.4 is 5.73 Å². The Kier molecular flexibility index (Phi) is 3.37. The standard InChI is InChI=1S/C5H11NO3/c1-3(7)4(6)2-5(8)9/h4-5,8-9H,2,6H2,1H3. The van der Waals surface area contributed by atoms with Crippen LogP contribution in [0.5, 0.6) is 0 Å². The average molecular weight is 133 g/mol. The van der Waals surface area contributed by atoms with Crippen LogP contribution in [0.3, 0.4) is 0 Å². The van der Waals surface area contributed by atoms with Crippen molar-refractivity contribution in [2.75, 3.05) is 0 Å². The van der Waals surface area contributed by atoms with Crippen LogP contribution >= 0.6 is 0 Å². The molecule has 0 aromatic carbocycles. The van der Waals surface area contributed by atoms with Crippen LogP contribution in [0.1, 0.15) is 13.3 Å². The Bertz CT molecular complexity index is 102. The SMILES string of the molecule is CC(=O)C(N)CC(O)O. The molecule has 0 radical (unpaired) electrons. The molecule has 0 aromatic heterocycles. The summed E-state index contributed by atoms with van der Waals surface area (Å²) in [6.45, 7) is 1.31. The maximum atomic E-state index is 10.3. The molecule has 0 saturated heterocycles. The lowest BCUT2D eigenvalue weighted by atomic mass is 10.1. The molecule has 54 valence electrons. The number of aliphatic hydroxyl groups excluding tert-OH is 1. The Morgan fingerprint density at radius 1 is 1.67 bits per heavy atom. The predicted octanol–water partition coefficient (Wildman–Crippen LogP) is -1.40. The Labute approximate surface area is 53.3 Å². The summed E-state index contributed by atoms with van der Waals surface area (Å²) < 4.78 is 0. The number of carbonyl (C=O) groups is 1. The molecule has 0 saturated carbocycles. The van der Waals surface area contributed by atoms with E-state index in [2.05, 4.69) is 0 Å². The molecule has 0 spiro atoms. The van der Waals surface area contributed by atoms with Crippen LogP contribution in [-0.2, 0) is 4.79 Å². The van der Waals surface area contributed by atoms with Gasteiger partial charge in [0.1, 0.15) is 5.78 Å². The highest BCUT2D eigenvalue weighted by atomic mass is 16.5. The van der Waals surface area contributed by atoms with E-state index in [0.717, 1.165) is 0 Å². The molecular formula is C5H11NO3. The van der Waals surface area contributed by atoms with Gasteiger partial charge in [-0.2, -0.15) is 0 Å². The van der Waals surface area contributed by atoms with E-state index in [-0.39, 0.29) is 12.2 Å². The summed E-state index contributed by atoms with van der Waals surface area (Å²) in [5.41, 5.74) is 5.15. The zero-order valence-electron chi connectivity index (χ0n) is 5.24. The first-order valence-electron chi connectivity index (χ1n) is 2.66. The summed E-state index contributed by atoms with van der Waals surface area (Å²) in [4.78, 5) is 10.3. The summed E-state index contributed by atoms with van der Waals surface area (Å²) in [5.74, 6) is -0.233. The lowest BCUT2D eigenvalue weighted by Gasteiger charge is -2.07. The monoisotopic (exact) mass is 133 g/mol. The van der Waals surface area contributed by atoms with Gasteiger partial charge >= 0.3 is 0 Å². The molecule has 0 bridgehead atoms. The number of carbonyl (C=O) groups excluding carboxylic acids is 1. The van der Waals surface area contributed by atoms with Gasteiger partial charge in [-0.15, -0.1) is 0 Å². The molecule has 0 aliphatic heterocycles. The number of hydrogen-bond acceptors (Lipinski definition) is 4. The number of Topliss-reactive ketones (excluding diaryl/α,β-unsaturated/α-hetero) is 1. The van der Waals surface area contributed by atoms with Crippen molar-refractivity contribution in [2.45, 2.75) is 25.7 Å². The quantitative estimate of drug-likeness (QED) is 0.413. The highest BCUT2D eigenvalue weighted by molar-refractivity contribution is 5.81. The van der Waals surface area contributed by atoms with Crippen LogP contribution in [0.4, 0.5) is 0 Å². The van der Waals surface area contributed by atoms with Gasteiger partial charge in [0.25, 0.3) is 0 Å². The first kappa shape index (κ1) is 8.55. The minimum atomic E-state index is -1.48. The van der Waals surface area contributed by atoms with E-state index in [0.29, 0.717) is 0 Å². The second kappa shape index (κ2) is 3.55. The van der Waals surface area contributed by atoms with Crippen LogP contribution in [0, 0.1) is 0 Å². The fraction of sp³-hybridized carbons (Fsp3) is 0.800. The van der Waals surface area contributed by atoms with Crippen LogP contribution in [0.25, 0.3) is 0 Å². The molecule has 0 aliphatic rings. The van der Waals surface area contributed by atoms with Gasteiger partial charge in [0.2, 0.25) is 0 Å². The Morgan fingerprint density at radius 3 is 2.22 bits per heavy atom. The van der Waals surface area contributed by atoms with Gasteiger partial charge in [0, 0.05) is 6.42 Å². The Morgan fingerprint density at radius 2 is 2.11 bits per heavy atom. The zero-order chi connectivity index (χ0) is 7.44. The third kappa shape index (κ3) is 4.08. The molecule has 4 N–H and O–H groups in total. The second-order valence-corrected chi connectivity index (χ2v) is 1.93. The van der Waals surface area contributed by atoms with E-state index in [1.807, 2.05) is 0 Å². The van der Waals surface area contributed by atoms with E-state index in [1.54, 1.807) is 0 Å². The van der Waals surface area contributed by atoms with Crippen molar-refractivity contribution in [3.05, 3.63) is 0 Å². The molecule has 4 heteroatoms. The van der Waals surface area contributed by atoms with Crippen LogP contribution in [0.15, 0.2) is 0 Å². The van der Waals surface area contributed by atoms with Crippen LogP contribution in [0.2, 0.25) is 0 Å². The fourth-order valence-electron chi connectivity index (χ4n) is 0.393. The normalized spacial score (nSPS) is 13.9. The van der Waals surface area contributed by atoms with Gasteiger partial charge in [-0.25, -0.2) is 0 Å². The van der Waals surface area contributed by atoms with E-state index < -0.39 is 12.3 Å². The zero-order valence-corrected chi connectivity index (χ0v) is 5.24. The average Bonchev–Trinajstić information content (AvgIpc) is 1.63. The summed E-state index contributed by atoms with van der Waals surface area (Å²) in [5, 5.41) is 16.6. The van der Waals surface area contributed by atoms with Gasteiger partial charge in [-0.3, -0.25) is 4.79 Å². The molecule has 9 heavy (non-hydrogen) atoms. The van der Waals surface area contributed by atoms with E-state index in [4.69, 9.17) is 15.9 Å². The highest BCUT2D eigenvalue weighted by Crippen LogP contribution is 1.92. The number of nitrogens with two attached hydrogens (primary N) is 1. The summed E-state index contributed by atoms with van der Waals surface area (Å²) in [7, 11) is 0. The maximum Gasteiger partial charge on any atom is 0.153 e. The van der Waals surface area contributed by atoms with Crippen molar-refractivity contribution in [1.82, 2.24) is 0 Å². The lowest BCUT2D eigenvalue weighted by Crippen LogP contribution is -2.32. The molecular weight excluding hydrogens is 122 g/mol. The minimum absolute atomic E-state index is 0.0880. The first-order valence-corrected chi connectivity index (χ1v) is 2.66. The number of ketones is 1. The predicted molar refractivity (Wildman–Crippen MR) is 31.5 cm³/mol. The fourth-order valence-corrected chi connectivity index (χ4v) is 0.393. The number of rotatable bonds is 3. The van der Waals surface area contributed by atoms with Crippen molar-refractivity contribution in [3.8, 4) is 0 Å². The van der Waals surface area contributed by atoms with E-state index in [9.17, 15) is 4.79 Å². The number of aliphatic hydroxyl groups is 2. The second-order valence-electron chi connectivity index (χ2n) is 1.93. The molecule has 1 unspecified atom stereocenters. The Balaban J connectivity index is 3.50. The third-order valence-electron chi connectivity index (χ3n) is 0.987. The third-order valence-corrected chi connectivity index (χ3v) is 0.987. The molecule has 1 atom stereocenters. The first-order chi connectivity index (χ1) is 4.04. The largest absolute Gasteiger partial charge is 0.368 e. The van der Waals surface area contributed by atoms with Crippen molar-refractivity contribution >= 4 is 5.78 Å². The molecule has 0 fully saturated rings. The van der Waals surface area contributed by atoms with Crippen molar-refractivity contribution in [2.24, 2.45) is 5.73 Å². The molecule has 0 rings (SSSR count). The van der Waals surface area contributed by atoms with Gasteiger partial charge in [0.05, 0.1) is 6.04 Å². The summed E-state index contributed by atoms with van der Waals surface area (Å²) in [6, 6.07) is -0.745. The highest BCUT2D eigenvalue weighted by Gasteiger charge is 2.10. The molecule has 0 aromatic rings. The smallest absolute Gasteiger partial charge is 0.153 e. The van der Waals surface area contributed by atoms with E-state index in [1.165, 1.54) is 6.92 Å². The molecule has 0 heterocycles. The van der Waals surface area contributed by atoms with E-state index >= 15 is 0 Å². The summed E-state index contributed by atoms with van der Waals surface area (Å²) >= 11 is 0. The van der Waals surface area contributed by atoms with Gasteiger partial charge in [-0.05, 0) is 6.92 Å². The lowest BCUT2D eigenvalue weighted by molar-refractivity contribution is -0.121. The molecule has 0 aliphatic carbocycles. The summed E-state index contributed by atoms with van der Waals surface area (Å²) in [6.07, 6.45) is -1.57. The minimum Gasteiger partial charge on any atom is -0.368 e. The van der Waals surface area contributed by atoms with Crippen molar-refractivity contribution < 1.29 is 15.0 Å². The van der Waals surface area contributed by atoms with Crippen molar-refractivity contribution in [3.63, 3.8) is 0 Å².